The summed E-state index contributed by atoms with van der Waals surface area (Å²) in [5, 5.41) is 1.46. The Kier molecular flexibility index (Phi) is 3.64. The highest BCUT2D eigenvalue weighted by Crippen LogP contribution is 2.28. The Hall–Kier alpha value is -2.90. The molecule has 8 heteroatoms. The Morgan fingerprint density at radius 2 is 2.04 bits per heavy atom. The largest absolute Gasteiger partial charge is 0.298 e. The number of pyridine rings is 1. The molecule has 0 aliphatic carbocycles. The highest BCUT2D eigenvalue weighted by atomic mass is 35.5. The van der Waals surface area contributed by atoms with Crippen LogP contribution in [0.4, 0.5) is 0 Å². The van der Waals surface area contributed by atoms with Gasteiger partial charge in [0, 0.05) is 17.1 Å². The zero-order chi connectivity index (χ0) is 16.5. The molecule has 1 aromatic carbocycles. The van der Waals surface area contributed by atoms with Crippen molar-refractivity contribution in [2.45, 2.75) is 6.23 Å². The third-order valence-electron chi connectivity index (χ3n) is 3.51. The van der Waals surface area contributed by atoms with Crippen molar-refractivity contribution < 1.29 is 9.63 Å². The molecule has 118 valence electrons. The maximum absolute atomic E-state index is 10.7. The number of aldehydes is 1. The predicted octanol–water partition coefficient (Wildman–Crippen LogP) is 2.15. The fourth-order valence-corrected chi connectivity index (χ4v) is 2.69. The number of amidine groups is 1. The van der Waals surface area contributed by atoms with Crippen LogP contribution in [0.5, 0.6) is 0 Å². The number of halogens is 1. The molecule has 0 fully saturated rings. The first-order valence-corrected chi connectivity index (χ1v) is 7.44. The minimum atomic E-state index is -0.861. The first kappa shape index (κ1) is 14.7. The molecule has 2 aromatic heterocycles. The second-order valence-corrected chi connectivity index (χ2v) is 5.45. The van der Waals surface area contributed by atoms with Crippen molar-refractivity contribution in [3.05, 3.63) is 53.6 Å². The summed E-state index contributed by atoms with van der Waals surface area (Å²) in [6, 6.07) is 9.29. The number of hydroxylamine groups is 1. The SMILES string of the molecule is O=CC1N=C(c2cc(-c3cc(Cl)c4ncccc4c3)ncn2)NO1. The van der Waals surface area contributed by atoms with Gasteiger partial charge in [-0.2, -0.15) is 0 Å². The number of fused-ring (bicyclic) bond motifs is 1. The third kappa shape index (κ3) is 2.60. The Balaban J connectivity index is 1.78. The van der Waals surface area contributed by atoms with Gasteiger partial charge in [-0.3, -0.25) is 9.78 Å². The molecule has 0 bridgehead atoms. The summed E-state index contributed by atoms with van der Waals surface area (Å²) in [5.41, 5.74) is 5.35. The molecule has 0 saturated carbocycles. The van der Waals surface area contributed by atoms with Crippen LogP contribution >= 0.6 is 11.6 Å². The molecular weight excluding hydrogens is 330 g/mol. The number of hydrogen-bond acceptors (Lipinski definition) is 7. The number of benzene rings is 1. The zero-order valence-electron chi connectivity index (χ0n) is 12.2. The summed E-state index contributed by atoms with van der Waals surface area (Å²) in [4.78, 5) is 32.5. The number of carbonyl (C=O) groups is 1. The summed E-state index contributed by atoms with van der Waals surface area (Å²) in [5.74, 6) is 0.379. The zero-order valence-corrected chi connectivity index (χ0v) is 12.9. The van der Waals surface area contributed by atoms with Gasteiger partial charge in [0.25, 0.3) is 0 Å². The number of carbonyl (C=O) groups excluding carboxylic acids is 1. The van der Waals surface area contributed by atoms with Gasteiger partial charge >= 0.3 is 0 Å². The first-order valence-electron chi connectivity index (χ1n) is 7.06. The quantitative estimate of drug-likeness (QED) is 0.735. The number of nitrogens with zero attached hydrogens (tertiary/aromatic N) is 4. The second kappa shape index (κ2) is 5.95. The molecule has 0 radical (unpaired) electrons. The average molecular weight is 340 g/mol. The van der Waals surface area contributed by atoms with Crippen molar-refractivity contribution in [1.82, 2.24) is 20.4 Å². The highest BCUT2D eigenvalue weighted by Gasteiger charge is 2.19. The second-order valence-electron chi connectivity index (χ2n) is 5.05. The van der Waals surface area contributed by atoms with Crippen LogP contribution in [0.1, 0.15) is 5.69 Å². The molecule has 24 heavy (non-hydrogen) atoms. The van der Waals surface area contributed by atoms with Crippen molar-refractivity contribution in [2.75, 3.05) is 0 Å². The molecule has 0 amide bonds. The molecule has 1 atom stereocenters. The smallest absolute Gasteiger partial charge is 0.232 e. The molecule has 7 nitrogen and oxygen atoms in total. The Labute approximate surface area is 141 Å². The van der Waals surface area contributed by atoms with Gasteiger partial charge in [0.1, 0.15) is 12.0 Å². The molecule has 3 heterocycles. The van der Waals surface area contributed by atoms with Crippen molar-refractivity contribution in [2.24, 2.45) is 4.99 Å². The van der Waals surface area contributed by atoms with Crippen molar-refractivity contribution >= 4 is 34.6 Å². The van der Waals surface area contributed by atoms with E-state index in [-0.39, 0.29) is 0 Å². The Morgan fingerprint density at radius 1 is 1.17 bits per heavy atom. The Morgan fingerprint density at radius 3 is 2.88 bits per heavy atom. The molecule has 0 spiro atoms. The van der Waals surface area contributed by atoms with Crippen LogP contribution in [-0.2, 0) is 9.63 Å². The van der Waals surface area contributed by atoms with E-state index in [9.17, 15) is 4.79 Å². The summed E-state index contributed by atoms with van der Waals surface area (Å²) in [6.45, 7) is 0. The van der Waals surface area contributed by atoms with Gasteiger partial charge in [0.15, 0.2) is 12.1 Å². The van der Waals surface area contributed by atoms with Gasteiger partial charge in [-0.05, 0) is 24.3 Å². The van der Waals surface area contributed by atoms with Gasteiger partial charge < -0.3 is 0 Å². The van der Waals surface area contributed by atoms with E-state index in [2.05, 4.69) is 25.4 Å². The van der Waals surface area contributed by atoms with Gasteiger partial charge in [-0.15, -0.1) is 0 Å². The van der Waals surface area contributed by atoms with E-state index in [0.717, 1.165) is 16.5 Å². The van der Waals surface area contributed by atoms with Gasteiger partial charge in [-0.1, -0.05) is 17.7 Å². The maximum Gasteiger partial charge on any atom is 0.232 e. The molecule has 1 unspecified atom stereocenters. The van der Waals surface area contributed by atoms with E-state index in [1.54, 1.807) is 18.3 Å². The van der Waals surface area contributed by atoms with Crippen LogP contribution in [0.3, 0.4) is 0 Å². The number of hydrogen-bond donors (Lipinski definition) is 1. The summed E-state index contributed by atoms with van der Waals surface area (Å²) in [7, 11) is 0. The predicted molar refractivity (Wildman–Crippen MR) is 88.4 cm³/mol. The fraction of sp³-hybridized carbons (Fsp3) is 0.0625. The summed E-state index contributed by atoms with van der Waals surface area (Å²) in [6.07, 6.45) is 2.85. The lowest BCUT2D eigenvalue weighted by atomic mass is 10.1. The standard InChI is InChI=1S/C16H10ClN5O2/c17-11-5-10(4-9-2-1-3-18-15(9)11)12-6-13(20-8-19-12)16-21-14(7-23)24-22-16/h1-8,14H,(H,21,22). The van der Waals surface area contributed by atoms with Gasteiger partial charge in [0.05, 0.1) is 16.2 Å². The molecule has 0 saturated heterocycles. The lowest BCUT2D eigenvalue weighted by molar-refractivity contribution is -0.118. The van der Waals surface area contributed by atoms with E-state index < -0.39 is 6.23 Å². The van der Waals surface area contributed by atoms with E-state index in [1.807, 2.05) is 18.2 Å². The van der Waals surface area contributed by atoms with Crippen molar-refractivity contribution in [3.8, 4) is 11.3 Å². The highest BCUT2D eigenvalue weighted by molar-refractivity contribution is 6.35. The van der Waals surface area contributed by atoms with Crippen LogP contribution in [0.25, 0.3) is 22.2 Å². The number of rotatable bonds is 3. The van der Waals surface area contributed by atoms with E-state index in [0.29, 0.717) is 28.5 Å². The maximum atomic E-state index is 10.7. The van der Waals surface area contributed by atoms with Crippen molar-refractivity contribution in [1.29, 1.82) is 0 Å². The molecule has 3 aromatic rings. The third-order valence-corrected chi connectivity index (χ3v) is 3.80. The topological polar surface area (TPSA) is 89.4 Å². The molecule has 1 aliphatic rings. The molecule has 4 rings (SSSR count). The lowest BCUT2D eigenvalue weighted by Gasteiger charge is -2.06. The molecule has 1 aliphatic heterocycles. The summed E-state index contributed by atoms with van der Waals surface area (Å²) >= 11 is 6.32. The number of aliphatic imine (C=N–C) groups is 1. The van der Waals surface area contributed by atoms with Gasteiger partial charge in [-0.25, -0.2) is 25.3 Å². The lowest BCUT2D eigenvalue weighted by Crippen LogP contribution is -2.20. The number of aromatic nitrogens is 3. The van der Waals surface area contributed by atoms with E-state index in [1.165, 1.54) is 6.33 Å². The minimum Gasteiger partial charge on any atom is -0.298 e. The van der Waals surface area contributed by atoms with Crippen LogP contribution in [0.2, 0.25) is 5.02 Å². The fourth-order valence-electron chi connectivity index (χ4n) is 2.41. The normalized spacial score (nSPS) is 16.7. The Bertz CT molecular complexity index is 976. The van der Waals surface area contributed by atoms with Crippen LogP contribution in [0.15, 0.2) is 47.8 Å². The minimum absolute atomic E-state index is 0.379. The van der Waals surface area contributed by atoms with Crippen LogP contribution in [-0.4, -0.2) is 33.3 Å². The summed E-state index contributed by atoms with van der Waals surface area (Å²) < 4.78 is 0. The molecule has 1 N–H and O–H groups in total. The average Bonchev–Trinajstić information content (AvgIpc) is 3.11. The first-order chi connectivity index (χ1) is 11.7. The van der Waals surface area contributed by atoms with Crippen LogP contribution in [0, 0.1) is 0 Å². The van der Waals surface area contributed by atoms with E-state index >= 15 is 0 Å². The number of nitrogens with one attached hydrogen (secondary N) is 1. The van der Waals surface area contributed by atoms with Crippen molar-refractivity contribution in [3.63, 3.8) is 0 Å². The monoisotopic (exact) mass is 339 g/mol. The van der Waals surface area contributed by atoms with Crippen LogP contribution < -0.4 is 5.48 Å². The molecular formula is C16H10ClN5O2. The van der Waals surface area contributed by atoms with Gasteiger partial charge in [0.2, 0.25) is 6.23 Å². The van der Waals surface area contributed by atoms with E-state index in [4.69, 9.17) is 16.4 Å².